The summed E-state index contributed by atoms with van der Waals surface area (Å²) in [6.45, 7) is 4.14. The van der Waals surface area contributed by atoms with E-state index in [9.17, 15) is 5.11 Å². The molecule has 0 aliphatic rings. The maximum atomic E-state index is 10.4. The molecule has 4 nitrogen and oxygen atoms in total. The highest BCUT2D eigenvalue weighted by molar-refractivity contribution is 5.42. The summed E-state index contributed by atoms with van der Waals surface area (Å²) in [6.07, 6.45) is -0.615. The van der Waals surface area contributed by atoms with Crippen molar-refractivity contribution in [3.8, 4) is 11.5 Å². The van der Waals surface area contributed by atoms with Gasteiger partial charge in [0.15, 0.2) is 0 Å². The summed E-state index contributed by atoms with van der Waals surface area (Å²) in [5.74, 6) is 1.67. The van der Waals surface area contributed by atoms with Gasteiger partial charge in [0.1, 0.15) is 11.5 Å². The Morgan fingerprint density at radius 2 is 1.83 bits per heavy atom. The standard InChI is InChI=1S/C14H23NO3/c1-9(2)13(15-3)14(16)11-7-6-10(17-4)8-12(11)18-5/h6-9,13-16H,1-5H3. The van der Waals surface area contributed by atoms with E-state index >= 15 is 0 Å². The number of ether oxygens (including phenoxy) is 2. The van der Waals surface area contributed by atoms with Crippen molar-refractivity contribution in [2.75, 3.05) is 21.3 Å². The Morgan fingerprint density at radius 3 is 2.28 bits per heavy atom. The van der Waals surface area contributed by atoms with E-state index in [0.717, 1.165) is 5.56 Å². The van der Waals surface area contributed by atoms with Crippen molar-refractivity contribution >= 4 is 0 Å². The van der Waals surface area contributed by atoms with Crippen molar-refractivity contribution in [2.45, 2.75) is 26.0 Å². The van der Waals surface area contributed by atoms with Crippen LogP contribution in [-0.2, 0) is 0 Å². The monoisotopic (exact) mass is 253 g/mol. The van der Waals surface area contributed by atoms with E-state index in [-0.39, 0.29) is 6.04 Å². The van der Waals surface area contributed by atoms with Crippen LogP contribution in [0.3, 0.4) is 0 Å². The number of hydrogen-bond acceptors (Lipinski definition) is 4. The second-order valence-corrected chi connectivity index (χ2v) is 4.61. The molecule has 0 heterocycles. The molecule has 0 aliphatic heterocycles. The van der Waals surface area contributed by atoms with E-state index in [1.807, 2.05) is 19.2 Å². The molecule has 0 aliphatic carbocycles. The van der Waals surface area contributed by atoms with Crippen LogP contribution in [-0.4, -0.2) is 32.4 Å². The van der Waals surface area contributed by atoms with Gasteiger partial charge in [0.25, 0.3) is 0 Å². The van der Waals surface area contributed by atoms with Gasteiger partial charge in [-0.2, -0.15) is 0 Å². The van der Waals surface area contributed by atoms with Crippen LogP contribution in [0.4, 0.5) is 0 Å². The maximum Gasteiger partial charge on any atom is 0.128 e. The number of rotatable bonds is 6. The zero-order valence-corrected chi connectivity index (χ0v) is 11.7. The van der Waals surface area contributed by atoms with Gasteiger partial charge in [-0.05, 0) is 25.1 Å². The van der Waals surface area contributed by atoms with Gasteiger partial charge >= 0.3 is 0 Å². The maximum absolute atomic E-state index is 10.4. The van der Waals surface area contributed by atoms with E-state index in [1.54, 1.807) is 20.3 Å². The van der Waals surface area contributed by atoms with Gasteiger partial charge in [-0.15, -0.1) is 0 Å². The number of hydrogen-bond donors (Lipinski definition) is 2. The first-order chi connectivity index (χ1) is 8.54. The summed E-state index contributed by atoms with van der Waals surface area (Å²) in [7, 11) is 5.05. The van der Waals surface area contributed by atoms with Crippen molar-refractivity contribution in [3.05, 3.63) is 23.8 Å². The highest BCUT2D eigenvalue weighted by atomic mass is 16.5. The number of benzene rings is 1. The summed E-state index contributed by atoms with van der Waals surface area (Å²) >= 11 is 0. The molecule has 0 aromatic heterocycles. The molecule has 1 aromatic carbocycles. The largest absolute Gasteiger partial charge is 0.497 e. The van der Waals surface area contributed by atoms with Crippen LogP contribution in [0.1, 0.15) is 25.5 Å². The lowest BCUT2D eigenvalue weighted by atomic mass is 9.93. The lowest BCUT2D eigenvalue weighted by Crippen LogP contribution is -2.36. The Balaban J connectivity index is 3.07. The SMILES string of the molecule is CNC(C(C)C)C(O)c1ccc(OC)cc1OC. The average molecular weight is 253 g/mol. The highest BCUT2D eigenvalue weighted by Gasteiger charge is 2.25. The molecular weight excluding hydrogens is 230 g/mol. The Labute approximate surface area is 109 Å². The summed E-state index contributed by atoms with van der Waals surface area (Å²) < 4.78 is 10.5. The minimum atomic E-state index is -0.615. The third kappa shape index (κ3) is 3.15. The number of aliphatic hydroxyl groups is 1. The lowest BCUT2D eigenvalue weighted by Gasteiger charge is -2.27. The predicted molar refractivity (Wildman–Crippen MR) is 72.2 cm³/mol. The minimum absolute atomic E-state index is 0.0210. The average Bonchev–Trinajstić information content (AvgIpc) is 2.38. The van der Waals surface area contributed by atoms with Crippen LogP contribution in [0.25, 0.3) is 0 Å². The molecule has 2 unspecified atom stereocenters. The van der Waals surface area contributed by atoms with E-state index in [1.165, 1.54) is 0 Å². The van der Waals surface area contributed by atoms with E-state index in [0.29, 0.717) is 17.4 Å². The molecule has 18 heavy (non-hydrogen) atoms. The summed E-state index contributed by atoms with van der Waals surface area (Å²) in [6, 6.07) is 5.43. The second-order valence-electron chi connectivity index (χ2n) is 4.61. The molecule has 0 bridgehead atoms. The molecule has 0 amide bonds. The molecule has 4 heteroatoms. The van der Waals surface area contributed by atoms with Crippen molar-refractivity contribution in [3.63, 3.8) is 0 Å². The topological polar surface area (TPSA) is 50.7 Å². The number of likely N-dealkylation sites (N-methyl/N-ethyl adjacent to an activating group) is 1. The first-order valence-electron chi connectivity index (χ1n) is 6.12. The van der Waals surface area contributed by atoms with Crippen molar-refractivity contribution in [1.82, 2.24) is 5.32 Å². The van der Waals surface area contributed by atoms with Gasteiger partial charge in [0, 0.05) is 17.7 Å². The fraction of sp³-hybridized carbons (Fsp3) is 0.571. The second kappa shape index (κ2) is 6.61. The van der Waals surface area contributed by atoms with E-state index in [2.05, 4.69) is 19.2 Å². The quantitative estimate of drug-likeness (QED) is 0.814. The first kappa shape index (κ1) is 14.8. The molecule has 1 aromatic rings. The molecule has 1 rings (SSSR count). The van der Waals surface area contributed by atoms with Crippen LogP contribution in [0.15, 0.2) is 18.2 Å². The van der Waals surface area contributed by atoms with Crippen LogP contribution in [0.5, 0.6) is 11.5 Å². The molecule has 0 saturated carbocycles. The lowest BCUT2D eigenvalue weighted by molar-refractivity contribution is 0.107. The van der Waals surface area contributed by atoms with E-state index in [4.69, 9.17) is 9.47 Å². The molecule has 0 spiro atoms. The van der Waals surface area contributed by atoms with Crippen LogP contribution < -0.4 is 14.8 Å². The van der Waals surface area contributed by atoms with Gasteiger partial charge in [-0.25, -0.2) is 0 Å². The molecular formula is C14H23NO3. The summed E-state index contributed by atoms with van der Waals surface area (Å²) in [4.78, 5) is 0. The highest BCUT2D eigenvalue weighted by Crippen LogP contribution is 2.32. The van der Waals surface area contributed by atoms with Gasteiger partial charge in [0.05, 0.1) is 20.3 Å². The smallest absolute Gasteiger partial charge is 0.128 e. The van der Waals surface area contributed by atoms with Crippen molar-refractivity contribution in [2.24, 2.45) is 5.92 Å². The van der Waals surface area contributed by atoms with Crippen molar-refractivity contribution in [1.29, 1.82) is 0 Å². The Hall–Kier alpha value is -1.26. The summed E-state index contributed by atoms with van der Waals surface area (Å²) in [5, 5.41) is 13.6. The van der Waals surface area contributed by atoms with Crippen molar-refractivity contribution < 1.29 is 14.6 Å². The number of nitrogens with one attached hydrogen (secondary N) is 1. The number of aliphatic hydroxyl groups excluding tert-OH is 1. The third-order valence-electron chi connectivity index (χ3n) is 3.15. The molecule has 0 fully saturated rings. The number of methoxy groups -OCH3 is 2. The predicted octanol–water partition coefficient (Wildman–Crippen LogP) is 1.98. The van der Waals surface area contributed by atoms with E-state index < -0.39 is 6.10 Å². The Bertz CT molecular complexity index is 379. The fourth-order valence-electron chi connectivity index (χ4n) is 2.11. The van der Waals surface area contributed by atoms with Gasteiger partial charge in [0.2, 0.25) is 0 Å². The molecule has 102 valence electrons. The summed E-state index contributed by atoms with van der Waals surface area (Å²) in [5.41, 5.74) is 0.770. The van der Waals surface area contributed by atoms with Gasteiger partial charge in [-0.1, -0.05) is 13.8 Å². The van der Waals surface area contributed by atoms with Gasteiger partial charge < -0.3 is 19.9 Å². The van der Waals surface area contributed by atoms with Gasteiger partial charge in [-0.3, -0.25) is 0 Å². The molecule has 0 saturated heterocycles. The molecule has 2 N–H and O–H groups in total. The molecule has 2 atom stereocenters. The van der Waals surface area contributed by atoms with Crippen LogP contribution in [0, 0.1) is 5.92 Å². The minimum Gasteiger partial charge on any atom is -0.497 e. The zero-order chi connectivity index (χ0) is 13.7. The zero-order valence-electron chi connectivity index (χ0n) is 11.7. The van der Waals surface area contributed by atoms with Crippen LogP contribution >= 0.6 is 0 Å². The molecule has 0 radical (unpaired) electrons. The third-order valence-corrected chi connectivity index (χ3v) is 3.15. The Morgan fingerprint density at radius 1 is 1.17 bits per heavy atom. The van der Waals surface area contributed by atoms with Crippen LogP contribution in [0.2, 0.25) is 0 Å². The first-order valence-corrected chi connectivity index (χ1v) is 6.12. The Kier molecular flexibility index (Phi) is 5.44. The fourth-order valence-corrected chi connectivity index (χ4v) is 2.11. The normalized spacial score (nSPS) is 14.4.